The minimum atomic E-state index is -4.71. The lowest BCUT2D eigenvalue weighted by molar-refractivity contribution is -0.385. The molecule has 0 amide bonds. The molecular formula is C9H5F3INO3. The van der Waals surface area contributed by atoms with E-state index in [1.807, 2.05) is 0 Å². The molecule has 17 heavy (non-hydrogen) atoms. The number of nitro groups is 1. The second-order valence-corrected chi connectivity index (χ2v) is 4.21. The van der Waals surface area contributed by atoms with Gasteiger partial charge in [0, 0.05) is 11.6 Å². The summed E-state index contributed by atoms with van der Waals surface area (Å²) in [6.45, 7) is 0.941. The highest BCUT2D eigenvalue weighted by molar-refractivity contribution is 14.1. The SMILES string of the molecule is CC(=O)c1c(C(F)(F)F)ccc([N+](=O)[O-])c1I. The lowest BCUT2D eigenvalue weighted by atomic mass is 10.0. The van der Waals surface area contributed by atoms with Crippen LogP contribution in [0.15, 0.2) is 12.1 Å². The first-order valence-corrected chi connectivity index (χ1v) is 5.29. The smallest absolute Gasteiger partial charge is 0.294 e. The maximum absolute atomic E-state index is 12.6. The first-order valence-electron chi connectivity index (χ1n) is 4.21. The number of nitrogens with zero attached hydrogens (tertiary/aromatic N) is 1. The summed E-state index contributed by atoms with van der Waals surface area (Å²) in [4.78, 5) is 20.9. The van der Waals surface area contributed by atoms with Crippen LogP contribution in [0.5, 0.6) is 0 Å². The Morgan fingerprint density at radius 2 is 1.94 bits per heavy atom. The summed E-state index contributed by atoms with van der Waals surface area (Å²) in [6, 6.07) is 1.30. The van der Waals surface area contributed by atoms with Crippen molar-refractivity contribution < 1.29 is 22.9 Å². The van der Waals surface area contributed by atoms with Crippen LogP contribution < -0.4 is 0 Å². The van der Waals surface area contributed by atoms with Gasteiger partial charge in [0.2, 0.25) is 0 Å². The van der Waals surface area contributed by atoms with E-state index in [4.69, 9.17) is 0 Å². The molecule has 0 aliphatic heterocycles. The molecule has 92 valence electrons. The zero-order chi connectivity index (χ0) is 13.4. The number of rotatable bonds is 2. The second kappa shape index (κ2) is 4.59. The van der Waals surface area contributed by atoms with Gasteiger partial charge in [0.1, 0.15) is 3.57 Å². The van der Waals surface area contributed by atoms with Crippen LogP contribution in [-0.2, 0) is 6.18 Å². The third-order valence-corrected chi connectivity index (χ3v) is 3.07. The normalized spacial score (nSPS) is 11.4. The van der Waals surface area contributed by atoms with Gasteiger partial charge in [0.15, 0.2) is 5.78 Å². The first-order chi connectivity index (χ1) is 7.66. The molecule has 0 aliphatic carbocycles. The number of benzene rings is 1. The number of hydrogen-bond acceptors (Lipinski definition) is 3. The molecule has 0 saturated heterocycles. The van der Waals surface area contributed by atoms with Crippen molar-refractivity contribution in [2.75, 3.05) is 0 Å². The molecule has 0 spiro atoms. The third kappa shape index (κ3) is 2.73. The number of alkyl halides is 3. The van der Waals surface area contributed by atoms with Gasteiger partial charge in [-0.15, -0.1) is 0 Å². The molecular weight excluding hydrogens is 354 g/mol. The van der Waals surface area contributed by atoms with Crippen molar-refractivity contribution >= 4 is 34.1 Å². The predicted octanol–water partition coefficient (Wildman–Crippen LogP) is 3.42. The molecule has 0 aromatic heterocycles. The van der Waals surface area contributed by atoms with Crippen LogP contribution in [0, 0.1) is 13.7 Å². The van der Waals surface area contributed by atoms with Gasteiger partial charge < -0.3 is 0 Å². The Labute approximate surface area is 107 Å². The maximum Gasteiger partial charge on any atom is 0.417 e. The van der Waals surface area contributed by atoms with Crippen LogP contribution in [0.3, 0.4) is 0 Å². The van der Waals surface area contributed by atoms with E-state index < -0.39 is 33.7 Å². The number of ketones is 1. The van der Waals surface area contributed by atoms with Crippen molar-refractivity contribution in [1.82, 2.24) is 0 Å². The lowest BCUT2D eigenvalue weighted by Gasteiger charge is -2.12. The van der Waals surface area contributed by atoms with E-state index in [9.17, 15) is 28.1 Å². The van der Waals surface area contributed by atoms with Gasteiger partial charge in [0.05, 0.1) is 10.5 Å². The van der Waals surface area contributed by atoms with Crippen LogP contribution in [0.25, 0.3) is 0 Å². The van der Waals surface area contributed by atoms with E-state index in [0.29, 0.717) is 6.07 Å². The van der Waals surface area contributed by atoms with Crippen molar-refractivity contribution in [3.8, 4) is 0 Å². The van der Waals surface area contributed by atoms with Crippen molar-refractivity contribution in [3.63, 3.8) is 0 Å². The molecule has 1 aromatic rings. The Kier molecular flexibility index (Phi) is 3.74. The van der Waals surface area contributed by atoms with Crippen molar-refractivity contribution in [2.24, 2.45) is 0 Å². The average Bonchev–Trinajstić information content (AvgIpc) is 2.14. The fraction of sp³-hybridized carbons (Fsp3) is 0.222. The number of Topliss-reactive ketones (excluding diaryl/α,β-unsaturated/α-hetero) is 1. The molecule has 1 rings (SSSR count). The number of carbonyl (C=O) groups excluding carboxylic acids is 1. The number of halogens is 4. The van der Waals surface area contributed by atoms with Gasteiger partial charge in [-0.3, -0.25) is 14.9 Å². The zero-order valence-electron chi connectivity index (χ0n) is 8.34. The highest BCUT2D eigenvalue weighted by atomic mass is 127. The van der Waals surface area contributed by atoms with Gasteiger partial charge in [-0.05, 0) is 35.6 Å². The van der Waals surface area contributed by atoms with Crippen LogP contribution in [0.2, 0.25) is 0 Å². The molecule has 0 saturated carbocycles. The summed E-state index contributed by atoms with van der Waals surface area (Å²) < 4.78 is 37.5. The minimum Gasteiger partial charge on any atom is -0.294 e. The quantitative estimate of drug-likeness (QED) is 0.352. The number of carbonyl (C=O) groups is 1. The van der Waals surface area contributed by atoms with Gasteiger partial charge in [-0.1, -0.05) is 0 Å². The summed E-state index contributed by atoms with van der Waals surface area (Å²) in [5.41, 5.74) is -2.32. The number of nitro benzene ring substituents is 1. The molecule has 0 atom stereocenters. The molecule has 8 heteroatoms. The third-order valence-electron chi connectivity index (χ3n) is 1.98. The summed E-state index contributed by atoms with van der Waals surface area (Å²) in [6.07, 6.45) is -4.71. The Hall–Kier alpha value is -1.19. The Bertz CT molecular complexity index is 499. The summed E-state index contributed by atoms with van der Waals surface area (Å²) in [5, 5.41) is 10.6. The van der Waals surface area contributed by atoms with Crippen LogP contribution in [0.1, 0.15) is 22.8 Å². The molecule has 1 aromatic carbocycles. The van der Waals surface area contributed by atoms with Crippen molar-refractivity contribution in [2.45, 2.75) is 13.1 Å². The van der Waals surface area contributed by atoms with Crippen LogP contribution in [0.4, 0.5) is 18.9 Å². The predicted molar refractivity (Wildman–Crippen MR) is 60.8 cm³/mol. The van der Waals surface area contributed by atoms with E-state index in [2.05, 4.69) is 0 Å². The zero-order valence-corrected chi connectivity index (χ0v) is 10.5. The molecule has 0 radical (unpaired) electrons. The van der Waals surface area contributed by atoms with E-state index >= 15 is 0 Å². The van der Waals surface area contributed by atoms with Gasteiger partial charge in [0.25, 0.3) is 5.69 Å². The summed E-state index contributed by atoms with van der Waals surface area (Å²) >= 11 is 1.37. The lowest BCUT2D eigenvalue weighted by Crippen LogP contribution is -2.14. The summed E-state index contributed by atoms with van der Waals surface area (Å²) in [5.74, 6) is -0.856. The van der Waals surface area contributed by atoms with Gasteiger partial charge >= 0.3 is 6.18 Å². The van der Waals surface area contributed by atoms with Crippen molar-refractivity contribution in [3.05, 3.63) is 36.9 Å². The largest absolute Gasteiger partial charge is 0.417 e. The summed E-state index contributed by atoms with van der Waals surface area (Å²) in [7, 11) is 0. The molecule has 0 fully saturated rings. The fourth-order valence-corrected chi connectivity index (χ4v) is 2.33. The number of hydrogen-bond donors (Lipinski definition) is 0. The van der Waals surface area contributed by atoms with E-state index in [1.54, 1.807) is 0 Å². The molecule has 4 nitrogen and oxygen atoms in total. The molecule has 0 unspecified atom stereocenters. The van der Waals surface area contributed by atoms with E-state index in [1.165, 1.54) is 22.6 Å². The molecule has 0 aliphatic rings. The first kappa shape index (κ1) is 13.9. The van der Waals surface area contributed by atoms with Crippen LogP contribution in [-0.4, -0.2) is 10.7 Å². The van der Waals surface area contributed by atoms with Gasteiger partial charge in [-0.25, -0.2) is 0 Å². The van der Waals surface area contributed by atoms with E-state index in [0.717, 1.165) is 13.0 Å². The Morgan fingerprint density at radius 3 is 2.29 bits per heavy atom. The van der Waals surface area contributed by atoms with Crippen LogP contribution >= 0.6 is 22.6 Å². The minimum absolute atomic E-state index is 0.296. The highest BCUT2D eigenvalue weighted by Gasteiger charge is 2.37. The maximum atomic E-state index is 12.6. The topological polar surface area (TPSA) is 60.2 Å². The van der Waals surface area contributed by atoms with E-state index in [-0.39, 0.29) is 3.57 Å². The average molecular weight is 359 g/mol. The highest BCUT2D eigenvalue weighted by Crippen LogP contribution is 2.37. The Morgan fingerprint density at radius 1 is 1.41 bits per heavy atom. The molecule has 0 bridgehead atoms. The molecule has 0 heterocycles. The van der Waals surface area contributed by atoms with Gasteiger partial charge in [-0.2, -0.15) is 13.2 Å². The molecule has 0 N–H and O–H groups in total. The Balaban J connectivity index is 3.63. The fourth-order valence-electron chi connectivity index (χ4n) is 1.29. The monoisotopic (exact) mass is 359 g/mol. The second-order valence-electron chi connectivity index (χ2n) is 3.13. The standard InChI is InChI=1S/C9H5F3INO3/c1-4(15)7-5(9(10,11)12)2-3-6(8(7)13)14(16)17/h2-3H,1H3. The van der Waals surface area contributed by atoms with Crippen molar-refractivity contribution in [1.29, 1.82) is 0 Å².